The second-order valence-electron chi connectivity index (χ2n) is 12.0. The van der Waals surface area contributed by atoms with Gasteiger partial charge in [-0.1, -0.05) is 45.1 Å². The fraction of sp³-hybridized carbons (Fsp3) is 0.806. The van der Waals surface area contributed by atoms with E-state index in [4.69, 9.17) is 14.2 Å². The molecule has 0 amide bonds. The number of rotatable bonds is 12. The maximum Gasteiger partial charge on any atom is 0.193 e. The summed E-state index contributed by atoms with van der Waals surface area (Å²) in [5.41, 5.74) is 2.72. The number of aliphatic hydroxyl groups excluding tert-OH is 1. The first-order valence-electron chi connectivity index (χ1n) is 14.4. The maximum absolute atomic E-state index is 11.9. The Labute approximate surface area is 225 Å². The highest BCUT2D eigenvalue weighted by Crippen LogP contribution is 2.50. The van der Waals surface area contributed by atoms with Gasteiger partial charge in [-0.25, -0.2) is 5.11 Å². The van der Waals surface area contributed by atoms with Crippen LogP contribution >= 0.6 is 0 Å². The van der Waals surface area contributed by atoms with Crippen molar-refractivity contribution >= 4 is 0 Å². The van der Waals surface area contributed by atoms with E-state index in [1.807, 2.05) is 19.0 Å². The minimum Gasteiger partial charge on any atom is -0.388 e. The molecule has 37 heavy (non-hydrogen) atoms. The summed E-state index contributed by atoms with van der Waals surface area (Å²) in [4.78, 5) is 2.03. The molecule has 0 bridgehead atoms. The first kappa shape index (κ1) is 30.5. The van der Waals surface area contributed by atoms with Gasteiger partial charge < -0.3 is 24.2 Å². The average Bonchev–Trinajstić information content (AvgIpc) is 3.49. The lowest BCUT2D eigenvalue weighted by Gasteiger charge is -2.41. The summed E-state index contributed by atoms with van der Waals surface area (Å²) < 4.78 is 17.4. The van der Waals surface area contributed by atoms with E-state index in [0.29, 0.717) is 36.5 Å². The first-order chi connectivity index (χ1) is 17.5. The van der Waals surface area contributed by atoms with Crippen molar-refractivity contribution in [2.24, 2.45) is 23.7 Å². The summed E-state index contributed by atoms with van der Waals surface area (Å²) >= 11 is 0. The molecule has 6 heteroatoms. The Morgan fingerprint density at radius 2 is 2.03 bits per heavy atom. The Kier molecular flexibility index (Phi) is 11.4. The Bertz CT molecular complexity index is 807. The molecule has 1 aliphatic carbocycles. The molecule has 0 aromatic carbocycles. The zero-order chi connectivity index (χ0) is 27.3. The molecule has 1 N–H and O–H groups in total. The molecule has 0 aromatic rings. The van der Waals surface area contributed by atoms with Crippen molar-refractivity contribution in [1.29, 1.82) is 0 Å². The molecule has 3 rings (SSSR count). The van der Waals surface area contributed by atoms with Crippen LogP contribution < -0.4 is 0 Å². The van der Waals surface area contributed by atoms with Crippen LogP contribution in [0.5, 0.6) is 0 Å². The monoisotopic (exact) mass is 518 g/mol. The zero-order valence-electron chi connectivity index (χ0n) is 24.4. The van der Waals surface area contributed by atoms with Gasteiger partial charge >= 0.3 is 0 Å². The number of nitrogens with zero attached hydrogens (tertiary/aromatic N) is 1. The molecule has 1 saturated heterocycles. The van der Waals surface area contributed by atoms with Gasteiger partial charge in [0.2, 0.25) is 0 Å². The minimum atomic E-state index is -1.10. The molecule has 11 atom stereocenters. The molecule has 2 fully saturated rings. The van der Waals surface area contributed by atoms with E-state index in [9.17, 15) is 10.2 Å². The van der Waals surface area contributed by atoms with Crippen LogP contribution in [0.2, 0.25) is 0 Å². The number of hydrogen-bond acceptors (Lipinski definition) is 5. The fourth-order valence-corrected chi connectivity index (χ4v) is 6.31. The molecule has 3 aliphatic rings. The van der Waals surface area contributed by atoms with Gasteiger partial charge in [0.15, 0.2) is 6.29 Å². The molecule has 1 saturated carbocycles. The van der Waals surface area contributed by atoms with Crippen LogP contribution in [0.3, 0.4) is 0 Å². The first-order valence-corrected chi connectivity index (χ1v) is 14.4. The van der Waals surface area contributed by atoms with E-state index in [1.54, 1.807) is 0 Å². The molecule has 2 aliphatic heterocycles. The Morgan fingerprint density at radius 3 is 2.68 bits per heavy atom. The van der Waals surface area contributed by atoms with Crippen molar-refractivity contribution in [2.45, 2.75) is 116 Å². The second-order valence-corrected chi connectivity index (χ2v) is 12.0. The van der Waals surface area contributed by atoms with Crippen LogP contribution in [0.25, 0.3) is 0 Å². The summed E-state index contributed by atoms with van der Waals surface area (Å²) in [5, 5.41) is 22.8. The van der Waals surface area contributed by atoms with E-state index in [-0.39, 0.29) is 24.4 Å². The number of methoxy groups -OCH3 is 1. The van der Waals surface area contributed by atoms with Crippen molar-refractivity contribution in [3.8, 4) is 0 Å². The summed E-state index contributed by atoms with van der Waals surface area (Å²) in [6.45, 7) is 11.2. The van der Waals surface area contributed by atoms with Crippen LogP contribution in [0, 0.1) is 23.7 Å². The average molecular weight is 519 g/mol. The lowest BCUT2D eigenvalue weighted by Crippen LogP contribution is -2.53. The number of likely N-dealkylation sites (N-methyl/N-ethyl adjacent to an activating group) is 1. The molecule has 6 nitrogen and oxygen atoms in total. The smallest absolute Gasteiger partial charge is 0.193 e. The molecular weight excluding hydrogens is 466 g/mol. The van der Waals surface area contributed by atoms with Crippen molar-refractivity contribution in [2.75, 3.05) is 21.2 Å². The predicted molar refractivity (Wildman–Crippen MR) is 148 cm³/mol. The molecule has 211 valence electrons. The zero-order valence-corrected chi connectivity index (χ0v) is 24.4. The van der Waals surface area contributed by atoms with Gasteiger partial charge in [0, 0.05) is 19.6 Å². The quantitative estimate of drug-likeness (QED) is 0.271. The van der Waals surface area contributed by atoms with Crippen molar-refractivity contribution in [1.82, 2.24) is 4.90 Å². The predicted octanol–water partition coefficient (Wildman–Crippen LogP) is 5.54. The van der Waals surface area contributed by atoms with Crippen LogP contribution in [-0.2, 0) is 19.3 Å². The molecule has 1 radical (unpaired) electrons. The van der Waals surface area contributed by atoms with Crippen LogP contribution in [0.4, 0.5) is 0 Å². The number of allylic oxidation sites excluding steroid dienone is 2. The van der Waals surface area contributed by atoms with E-state index in [0.717, 1.165) is 12.8 Å². The van der Waals surface area contributed by atoms with E-state index in [1.165, 1.54) is 31.1 Å². The number of hydrogen-bond donors (Lipinski definition) is 1. The number of ether oxygens (including phenoxy) is 3. The lowest BCUT2D eigenvalue weighted by molar-refractivity contribution is -0.179. The third-order valence-electron chi connectivity index (χ3n) is 9.00. The Morgan fingerprint density at radius 1 is 1.30 bits per heavy atom. The van der Waals surface area contributed by atoms with Crippen LogP contribution in [0.15, 0.2) is 35.5 Å². The van der Waals surface area contributed by atoms with Gasteiger partial charge in [-0.2, -0.15) is 0 Å². The molecule has 0 aromatic heterocycles. The Hall–Kier alpha value is -1.02. The molecule has 2 heterocycles. The maximum atomic E-state index is 11.9. The number of aliphatic hydroxyl groups is 1. The highest BCUT2D eigenvalue weighted by Gasteiger charge is 2.45. The van der Waals surface area contributed by atoms with Gasteiger partial charge in [-0.15, -0.1) is 0 Å². The van der Waals surface area contributed by atoms with Crippen molar-refractivity contribution in [3.05, 3.63) is 35.5 Å². The third kappa shape index (κ3) is 8.23. The lowest BCUT2D eigenvalue weighted by atomic mass is 9.92. The summed E-state index contributed by atoms with van der Waals surface area (Å²) in [6, 6.07) is -0.0408. The van der Waals surface area contributed by atoms with E-state index < -0.39 is 18.5 Å². The molecule has 0 spiro atoms. The van der Waals surface area contributed by atoms with Gasteiger partial charge in [0.1, 0.15) is 6.10 Å². The van der Waals surface area contributed by atoms with Crippen molar-refractivity contribution < 1.29 is 24.4 Å². The van der Waals surface area contributed by atoms with Gasteiger partial charge in [0.05, 0.1) is 24.4 Å². The standard InChI is InChI=1S/C31H52NO5/c1-9-27-20(3)11-14-28(37-27)21(4)16-19(2)10-12-24-22(5)25(24)13-15-29-31(34)26(32(6)7)17-23(36-29)18-30(33)35-8/h11,13,15-16,19,22-31,34H,9-10,12,14,17-18H2,1-8H3/b15-13+,21-16+/t19-,22-,23+,24+,25+,26+,27-,28-,29+,30?,31-/m1/s1. The van der Waals surface area contributed by atoms with E-state index >= 15 is 0 Å². The van der Waals surface area contributed by atoms with Gasteiger partial charge in [0.25, 0.3) is 0 Å². The molecule has 1 unspecified atom stereocenters. The minimum absolute atomic E-state index is 0.0408. The van der Waals surface area contributed by atoms with Crippen LogP contribution in [0.1, 0.15) is 73.1 Å². The SMILES string of the molecule is CC[C@H]1O[C@@H](/C(C)=C/[C@H](C)CC[C@H]2[C@@H](C)[C@@H]2/C=C/[C@@H]2O[C@H](CC([O])OC)C[C@H](N(C)C)[C@H]2O)CC=C1C. The third-order valence-corrected chi connectivity index (χ3v) is 9.00. The summed E-state index contributed by atoms with van der Waals surface area (Å²) in [5.74, 6) is 2.38. The highest BCUT2D eigenvalue weighted by atomic mass is 16.6. The van der Waals surface area contributed by atoms with E-state index in [2.05, 4.69) is 58.9 Å². The normalized spacial score (nSPS) is 38.6. The largest absolute Gasteiger partial charge is 0.388 e. The fourth-order valence-electron chi connectivity index (χ4n) is 6.31. The Balaban J connectivity index is 1.51. The highest BCUT2D eigenvalue weighted by molar-refractivity contribution is 5.17. The topological polar surface area (TPSA) is 71.1 Å². The second kappa shape index (κ2) is 13.9. The van der Waals surface area contributed by atoms with Gasteiger partial charge in [-0.3, -0.25) is 0 Å². The van der Waals surface area contributed by atoms with Gasteiger partial charge in [-0.05, 0) is 94.9 Å². The van der Waals surface area contributed by atoms with Crippen molar-refractivity contribution in [3.63, 3.8) is 0 Å². The summed E-state index contributed by atoms with van der Waals surface area (Å²) in [7, 11) is 5.38. The van der Waals surface area contributed by atoms with Crippen LogP contribution in [-0.4, -0.2) is 74.1 Å². The molecular formula is C31H52NO5. The summed E-state index contributed by atoms with van der Waals surface area (Å²) in [6.07, 6.45) is 12.5.